The molecule has 1 unspecified atom stereocenters. The maximum Gasteiger partial charge on any atom is 0.210 e. The fourth-order valence-corrected chi connectivity index (χ4v) is 3.21. The molecule has 0 aliphatic heterocycles. The van der Waals surface area contributed by atoms with E-state index in [1.165, 1.54) is 0 Å². The van der Waals surface area contributed by atoms with E-state index in [1.54, 1.807) is 4.90 Å². The summed E-state index contributed by atoms with van der Waals surface area (Å²) in [5, 5.41) is 0. The zero-order valence-electron chi connectivity index (χ0n) is 12.0. The minimum atomic E-state index is -1.08. The quantitative estimate of drug-likeness (QED) is 0.583. The highest BCUT2D eigenvalue weighted by molar-refractivity contribution is 7.91. The van der Waals surface area contributed by atoms with E-state index in [9.17, 15) is 9.35 Å². The van der Waals surface area contributed by atoms with Crippen LogP contribution in [0.15, 0.2) is 65.6 Å². The summed E-state index contributed by atoms with van der Waals surface area (Å²) < 4.78 is 12.2. The van der Waals surface area contributed by atoms with Crippen LogP contribution in [0.1, 0.15) is 18.5 Å². The van der Waals surface area contributed by atoms with Gasteiger partial charge in [0.05, 0.1) is 12.6 Å². The summed E-state index contributed by atoms with van der Waals surface area (Å²) in [5.74, 6) is 0.444. The molecule has 0 fully saturated rings. The van der Waals surface area contributed by atoms with E-state index in [4.69, 9.17) is 0 Å². The van der Waals surface area contributed by atoms with Crippen molar-refractivity contribution in [3.05, 3.63) is 66.2 Å². The Kier molecular flexibility index (Phi) is 5.84. The summed E-state index contributed by atoms with van der Waals surface area (Å²) in [6.07, 6.45) is 0.833. The number of carbonyl (C=O) groups excluding carboxylic acids is 1. The molecule has 0 aromatic heterocycles. The fraction of sp³-hybridized carbons (Fsp3) is 0.235. The number of hydrogen-bond acceptors (Lipinski definition) is 2. The van der Waals surface area contributed by atoms with Gasteiger partial charge < -0.3 is 9.45 Å². The van der Waals surface area contributed by atoms with Gasteiger partial charge in [-0.1, -0.05) is 48.5 Å². The minimum absolute atomic E-state index is 0.0172. The van der Waals surface area contributed by atoms with Crippen molar-refractivity contribution in [1.82, 2.24) is 4.90 Å². The van der Waals surface area contributed by atoms with Crippen LogP contribution in [0.25, 0.3) is 0 Å². The number of benzene rings is 2. The normalized spacial score (nSPS) is 13.4. The second-order valence-corrected chi connectivity index (χ2v) is 6.36. The van der Waals surface area contributed by atoms with Gasteiger partial charge in [-0.25, -0.2) is 0 Å². The van der Waals surface area contributed by atoms with Crippen molar-refractivity contribution in [3.63, 3.8) is 0 Å². The molecule has 0 radical (unpaired) electrons. The van der Waals surface area contributed by atoms with Crippen LogP contribution in [0.3, 0.4) is 0 Å². The Labute approximate surface area is 128 Å². The molecule has 110 valence electrons. The average Bonchev–Trinajstić information content (AvgIpc) is 2.56. The molecule has 0 aliphatic carbocycles. The van der Waals surface area contributed by atoms with Crippen molar-refractivity contribution in [1.29, 1.82) is 0 Å². The van der Waals surface area contributed by atoms with E-state index in [0.29, 0.717) is 12.3 Å². The molecule has 0 saturated carbocycles. The fourth-order valence-electron chi connectivity index (χ4n) is 2.14. The van der Waals surface area contributed by atoms with Crippen LogP contribution < -0.4 is 0 Å². The molecule has 2 atom stereocenters. The van der Waals surface area contributed by atoms with Gasteiger partial charge in [-0.05, 0) is 35.8 Å². The summed E-state index contributed by atoms with van der Waals surface area (Å²) in [6.45, 7) is 2.45. The van der Waals surface area contributed by atoms with Crippen LogP contribution in [-0.2, 0) is 16.0 Å². The lowest BCUT2D eigenvalue weighted by Gasteiger charge is -2.25. The molecular formula is C17H19NO2S. The first kappa shape index (κ1) is 15.6. The van der Waals surface area contributed by atoms with Crippen LogP contribution in [-0.4, -0.2) is 28.2 Å². The van der Waals surface area contributed by atoms with Gasteiger partial charge in [-0.15, -0.1) is 0 Å². The molecule has 0 bridgehead atoms. The van der Waals surface area contributed by atoms with Gasteiger partial charge in [0.2, 0.25) is 6.41 Å². The standard InChI is InChI=1S/C17H19NO2S/c1-15(16-8-4-2-5-9-16)18(14-19)12-13-21(20)17-10-6-3-7-11-17/h2-11,14-15H,12-13H2,1H3/t15-,21?/m1/s1. The third kappa shape index (κ3) is 4.34. The third-order valence-electron chi connectivity index (χ3n) is 3.46. The molecule has 0 aliphatic rings. The highest BCUT2D eigenvalue weighted by atomic mass is 32.2. The zero-order valence-corrected chi connectivity index (χ0v) is 12.8. The van der Waals surface area contributed by atoms with Crippen molar-refractivity contribution in [2.45, 2.75) is 17.9 Å². The van der Waals surface area contributed by atoms with Crippen LogP contribution >= 0.6 is 0 Å². The Balaban J connectivity index is 1.95. The lowest BCUT2D eigenvalue weighted by atomic mass is 10.1. The average molecular weight is 301 g/mol. The number of hydrogen-bond donors (Lipinski definition) is 0. The predicted molar refractivity (Wildman–Crippen MR) is 85.3 cm³/mol. The van der Waals surface area contributed by atoms with E-state index in [-0.39, 0.29) is 6.04 Å². The number of carbonyl (C=O) groups is 1. The van der Waals surface area contributed by atoms with Gasteiger partial charge in [-0.3, -0.25) is 4.79 Å². The van der Waals surface area contributed by atoms with Crippen molar-refractivity contribution < 1.29 is 9.35 Å². The van der Waals surface area contributed by atoms with E-state index < -0.39 is 11.2 Å². The lowest BCUT2D eigenvalue weighted by Crippen LogP contribution is -2.30. The Morgan fingerprint density at radius 2 is 1.67 bits per heavy atom. The summed E-state index contributed by atoms with van der Waals surface area (Å²) in [4.78, 5) is 13.8. The maximum absolute atomic E-state index is 12.2. The molecule has 2 aromatic carbocycles. The molecule has 1 amide bonds. The maximum atomic E-state index is 12.2. The largest absolute Gasteiger partial charge is 0.611 e. The van der Waals surface area contributed by atoms with Crippen molar-refractivity contribution in [2.75, 3.05) is 12.3 Å². The summed E-state index contributed by atoms with van der Waals surface area (Å²) >= 11 is -1.08. The topological polar surface area (TPSA) is 43.4 Å². The summed E-state index contributed by atoms with van der Waals surface area (Å²) in [7, 11) is 0. The SMILES string of the molecule is C[C@H](c1ccccc1)N(C=O)CC[S+]([O-])c1ccccc1. The molecule has 0 saturated heterocycles. The Bertz CT molecular complexity index is 547. The van der Waals surface area contributed by atoms with Crippen LogP contribution in [0.4, 0.5) is 0 Å². The van der Waals surface area contributed by atoms with E-state index >= 15 is 0 Å². The molecular weight excluding hydrogens is 282 g/mol. The molecule has 0 spiro atoms. The van der Waals surface area contributed by atoms with E-state index in [0.717, 1.165) is 16.9 Å². The minimum Gasteiger partial charge on any atom is -0.611 e. The first-order chi connectivity index (χ1) is 10.2. The highest BCUT2D eigenvalue weighted by Crippen LogP contribution is 2.19. The number of rotatable bonds is 7. The first-order valence-corrected chi connectivity index (χ1v) is 8.23. The van der Waals surface area contributed by atoms with Crippen molar-refractivity contribution in [3.8, 4) is 0 Å². The van der Waals surface area contributed by atoms with Gasteiger partial charge in [0.1, 0.15) is 5.75 Å². The predicted octanol–water partition coefficient (Wildman–Crippen LogP) is 3.01. The van der Waals surface area contributed by atoms with Crippen LogP contribution in [0.5, 0.6) is 0 Å². The van der Waals surface area contributed by atoms with Crippen molar-refractivity contribution >= 4 is 17.6 Å². The van der Waals surface area contributed by atoms with Gasteiger partial charge in [0.15, 0.2) is 4.90 Å². The summed E-state index contributed by atoms with van der Waals surface area (Å²) in [5.41, 5.74) is 1.08. The van der Waals surface area contributed by atoms with Gasteiger partial charge in [0, 0.05) is 0 Å². The molecule has 4 heteroatoms. The highest BCUT2D eigenvalue weighted by Gasteiger charge is 2.17. The molecule has 2 aromatic rings. The van der Waals surface area contributed by atoms with Gasteiger partial charge in [-0.2, -0.15) is 0 Å². The Hall–Kier alpha value is -1.78. The second-order valence-electron chi connectivity index (χ2n) is 4.79. The lowest BCUT2D eigenvalue weighted by molar-refractivity contribution is -0.119. The Morgan fingerprint density at radius 3 is 2.24 bits per heavy atom. The molecule has 21 heavy (non-hydrogen) atoms. The molecule has 0 N–H and O–H groups in total. The first-order valence-electron chi connectivity index (χ1n) is 6.92. The second kappa shape index (κ2) is 7.86. The van der Waals surface area contributed by atoms with Gasteiger partial charge >= 0.3 is 0 Å². The molecule has 3 nitrogen and oxygen atoms in total. The number of amides is 1. The Morgan fingerprint density at radius 1 is 1.10 bits per heavy atom. The molecule has 2 rings (SSSR count). The zero-order chi connectivity index (χ0) is 15.1. The number of nitrogens with zero attached hydrogens (tertiary/aromatic N) is 1. The smallest absolute Gasteiger partial charge is 0.210 e. The molecule has 0 heterocycles. The van der Waals surface area contributed by atoms with Crippen molar-refractivity contribution in [2.24, 2.45) is 0 Å². The van der Waals surface area contributed by atoms with E-state index in [1.807, 2.05) is 67.6 Å². The van der Waals surface area contributed by atoms with Crippen LogP contribution in [0.2, 0.25) is 0 Å². The monoisotopic (exact) mass is 301 g/mol. The van der Waals surface area contributed by atoms with E-state index in [2.05, 4.69) is 0 Å². The third-order valence-corrected chi connectivity index (χ3v) is 4.81. The summed E-state index contributed by atoms with van der Waals surface area (Å²) in [6, 6.07) is 19.2. The van der Waals surface area contributed by atoms with Crippen LogP contribution in [0, 0.1) is 0 Å². The van der Waals surface area contributed by atoms with Gasteiger partial charge in [0.25, 0.3) is 0 Å².